The zero-order valence-electron chi connectivity index (χ0n) is 9.34. The lowest BCUT2D eigenvalue weighted by Gasteiger charge is -2.21. The van der Waals surface area contributed by atoms with E-state index in [4.69, 9.17) is 4.74 Å². The molecule has 0 saturated carbocycles. The predicted octanol–water partition coefficient (Wildman–Crippen LogP) is 2.15. The summed E-state index contributed by atoms with van der Waals surface area (Å²) in [5, 5.41) is 2.75. The van der Waals surface area contributed by atoms with Crippen LogP contribution < -0.4 is 5.32 Å². The lowest BCUT2D eigenvalue weighted by atomic mass is 9.98. The fourth-order valence-corrected chi connectivity index (χ4v) is 1.67. The van der Waals surface area contributed by atoms with Crippen molar-refractivity contribution in [1.82, 2.24) is 5.32 Å². The minimum Gasteiger partial charge on any atom is -0.376 e. The van der Waals surface area contributed by atoms with Gasteiger partial charge in [0.2, 0.25) is 6.41 Å². The first-order valence-corrected chi connectivity index (χ1v) is 5.47. The normalized spacial score (nSPS) is 16.3. The van der Waals surface area contributed by atoms with Crippen molar-refractivity contribution in [2.45, 2.75) is 32.6 Å². The van der Waals surface area contributed by atoms with Crippen LogP contribution in [0.1, 0.15) is 32.6 Å². The van der Waals surface area contributed by atoms with Crippen molar-refractivity contribution >= 4 is 6.41 Å². The van der Waals surface area contributed by atoms with Crippen molar-refractivity contribution in [1.29, 1.82) is 0 Å². The van der Waals surface area contributed by atoms with E-state index < -0.39 is 0 Å². The Kier molecular flexibility index (Phi) is 5.12. The number of nitrogens with one attached hydrogen (secondary N) is 1. The largest absolute Gasteiger partial charge is 0.376 e. The summed E-state index contributed by atoms with van der Waals surface area (Å²) in [6, 6.07) is 0. The van der Waals surface area contributed by atoms with Crippen LogP contribution in [-0.2, 0) is 9.53 Å². The molecule has 0 atom stereocenters. The van der Waals surface area contributed by atoms with Crippen LogP contribution in [0.15, 0.2) is 23.4 Å². The molecule has 0 saturated heterocycles. The van der Waals surface area contributed by atoms with Gasteiger partial charge in [0.15, 0.2) is 0 Å². The highest BCUT2D eigenvalue weighted by Gasteiger charge is 2.14. The predicted molar refractivity (Wildman–Crippen MR) is 60.3 cm³/mol. The molecular weight excluding hydrogens is 190 g/mol. The average Bonchev–Trinajstić information content (AvgIpc) is 2.27. The first-order chi connectivity index (χ1) is 7.29. The standard InChI is InChI=1S/C12H19NO2/c1-3-4-5-10(2)11-8-15-7-6-12(11)13-9-14/h9H,2-8H2,1H3,(H,13,14). The molecule has 3 heteroatoms. The molecule has 0 aliphatic carbocycles. The molecule has 0 fully saturated rings. The van der Waals surface area contributed by atoms with Crippen LogP contribution in [0.4, 0.5) is 0 Å². The minimum absolute atomic E-state index is 0.582. The second kappa shape index (κ2) is 6.40. The fourth-order valence-electron chi connectivity index (χ4n) is 1.67. The number of hydrogen-bond acceptors (Lipinski definition) is 2. The molecule has 0 aromatic rings. The van der Waals surface area contributed by atoms with Crippen LogP contribution in [0.2, 0.25) is 0 Å². The van der Waals surface area contributed by atoms with Crippen molar-refractivity contribution in [2.75, 3.05) is 13.2 Å². The molecule has 1 aliphatic rings. The SMILES string of the molecule is C=C(CCCC)C1=C(NC=O)CCOC1. The first kappa shape index (κ1) is 12.0. The van der Waals surface area contributed by atoms with E-state index in [9.17, 15) is 4.79 Å². The van der Waals surface area contributed by atoms with Crippen molar-refractivity contribution in [2.24, 2.45) is 0 Å². The summed E-state index contributed by atoms with van der Waals surface area (Å²) in [7, 11) is 0. The highest BCUT2D eigenvalue weighted by Crippen LogP contribution is 2.22. The van der Waals surface area contributed by atoms with Crippen molar-refractivity contribution in [3.63, 3.8) is 0 Å². The Labute approximate surface area is 91.2 Å². The highest BCUT2D eigenvalue weighted by molar-refractivity contribution is 5.52. The van der Waals surface area contributed by atoms with Gasteiger partial charge in [-0.05, 0) is 24.0 Å². The van der Waals surface area contributed by atoms with Gasteiger partial charge < -0.3 is 10.1 Å². The molecule has 15 heavy (non-hydrogen) atoms. The number of amides is 1. The summed E-state index contributed by atoms with van der Waals surface area (Å²) in [5.41, 5.74) is 3.17. The van der Waals surface area contributed by atoms with Gasteiger partial charge in [0, 0.05) is 12.1 Å². The Morgan fingerprint density at radius 2 is 2.47 bits per heavy atom. The van der Waals surface area contributed by atoms with Gasteiger partial charge in [-0.25, -0.2) is 0 Å². The molecule has 3 nitrogen and oxygen atoms in total. The van der Waals surface area contributed by atoms with Gasteiger partial charge in [-0.15, -0.1) is 0 Å². The van der Waals surface area contributed by atoms with E-state index in [1.807, 2.05) is 0 Å². The summed E-state index contributed by atoms with van der Waals surface area (Å²) in [4.78, 5) is 10.4. The van der Waals surface area contributed by atoms with Crippen LogP contribution in [0, 0.1) is 0 Å². The van der Waals surface area contributed by atoms with Crippen LogP contribution >= 0.6 is 0 Å². The third kappa shape index (κ3) is 3.51. The van der Waals surface area contributed by atoms with Crippen molar-refractivity contribution in [3.05, 3.63) is 23.4 Å². The molecule has 1 N–H and O–H groups in total. The van der Waals surface area contributed by atoms with Gasteiger partial charge in [0.25, 0.3) is 0 Å². The van der Waals surface area contributed by atoms with E-state index in [1.54, 1.807) is 0 Å². The molecule has 0 spiro atoms. The molecular formula is C12H19NO2. The Bertz CT molecular complexity index is 269. The maximum atomic E-state index is 10.4. The van der Waals surface area contributed by atoms with Gasteiger partial charge in [0.05, 0.1) is 13.2 Å². The maximum Gasteiger partial charge on any atom is 0.211 e. The lowest BCUT2D eigenvalue weighted by molar-refractivity contribution is -0.109. The van der Waals surface area contributed by atoms with E-state index in [0.717, 1.165) is 48.9 Å². The summed E-state index contributed by atoms with van der Waals surface area (Å²) < 4.78 is 5.39. The van der Waals surface area contributed by atoms with E-state index in [-0.39, 0.29) is 0 Å². The number of hydrogen-bond donors (Lipinski definition) is 1. The molecule has 84 valence electrons. The van der Waals surface area contributed by atoms with Crippen LogP contribution in [0.25, 0.3) is 0 Å². The molecule has 0 unspecified atom stereocenters. The monoisotopic (exact) mass is 209 g/mol. The second-order valence-corrected chi connectivity index (χ2v) is 3.73. The second-order valence-electron chi connectivity index (χ2n) is 3.73. The van der Waals surface area contributed by atoms with E-state index in [1.165, 1.54) is 0 Å². The molecule has 1 heterocycles. The summed E-state index contributed by atoms with van der Waals surface area (Å²) >= 11 is 0. The van der Waals surface area contributed by atoms with Gasteiger partial charge in [0.1, 0.15) is 0 Å². The third-order valence-electron chi connectivity index (χ3n) is 2.60. The van der Waals surface area contributed by atoms with E-state index >= 15 is 0 Å². The Morgan fingerprint density at radius 1 is 1.67 bits per heavy atom. The Morgan fingerprint density at radius 3 is 3.13 bits per heavy atom. The Balaban J connectivity index is 2.67. The number of ether oxygens (including phenoxy) is 1. The zero-order valence-corrected chi connectivity index (χ0v) is 9.34. The topological polar surface area (TPSA) is 38.3 Å². The molecule has 0 radical (unpaired) electrons. The van der Waals surface area contributed by atoms with E-state index in [0.29, 0.717) is 13.2 Å². The average molecular weight is 209 g/mol. The van der Waals surface area contributed by atoms with Gasteiger partial charge in [-0.1, -0.05) is 19.9 Å². The van der Waals surface area contributed by atoms with Crippen LogP contribution in [0.3, 0.4) is 0 Å². The van der Waals surface area contributed by atoms with E-state index in [2.05, 4.69) is 18.8 Å². The van der Waals surface area contributed by atoms with Crippen LogP contribution in [0.5, 0.6) is 0 Å². The highest BCUT2D eigenvalue weighted by atomic mass is 16.5. The van der Waals surface area contributed by atoms with Gasteiger partial charge in [-0.2, -0.15) is 0 Å². The molecule has 1 aliphatic heterocycles. The fraction of sp³-hybridized carbons (Fsp3) is 0.583. The van der Waals surface area contributed by atoms with Gasteiger partial charge in [-0.3, -0.25) is 4.79 Å². The first-order valence-electron chi connectivity index (χ1n) is 5.47. The third-order valence-corrected chi connectivity index (χ3v) is 2.60. The zero-order chi connectivity index (χ0) is 11.1. The maximum absolute atomic E-state index is 10.4. The number of unbranched alkanes of at least 4 members (excludes halogenated alkanes) is 1. The number of carbonyl (C=O) groups is 1. The summed E-state index contributed by atoms with van der Waals surface area (Å²) in [6.45, 7) is 7.47. The van der Waals surface area contributed by atoms with Gasteiger partial charge >= 0.3 is 0 Å². The smallest absolute Gasteiger partial charge is 0.211 e. The quantitative estimate of drug-likeness (QED) is 0.681. The minimum atomic E-state index is 0.582. The number of carbonyl (C=O) groups excluding carboxylic acids is 1. The molecule has 1 rings (SSSR count). The molecule has 1 amide bonds. The molecule has 0 bridgehead atoms. The Hall–Kier alpha value is -1.09. The lowest BCUT2D eigenvalue weighted by Crippen LogP contribution is -2.22. The molecule has 0 aromatic heterocycles. The molecule has 0 aromatic carbocycles. The van der Waals surface area contributed by atoms with Crippen LogP contribution in [-0.4, -0.2) is 19.6 Å². The number of rotatable bonds is 6. The summed E-state index contributed by atoms with van der Waals surface area (Å²) in [6.07, 6.45) is 4.78. The van der Waals surface area contributed by atoms with Crippen molar-refractivity contribution < 1.29 is 9.53 Å². The summed E-state index contributed by atoms with van der Waals surface area (Å²) in [5.74, 6) is 0. The van der Waals surface area contributed by atoms with Crippen molar-refractivity contribution in [3.8, 4) is 0 Å².